The van der Waals surface area contributed by atoms with Gasteiger partial charge >= 0.3 is 0 Å². The highest BCUT2D eigenvalue weighted by molar-refractivity contribution is 6.15. The first-order valence-electron chi connectivity index (χ1n) is 6.24. The molecule has 2 heterocycles. The van der Waals surface area contributed by atoms with Crippen molar-refractivity contribution < 1.29 is 9.59 Å². The van der Waals surface area contributed by atoms with Gasteiger partial charge in [0.05, 0.1) is 0 Å². The molecule has 0 radical (unpaired) electrons. The SMILES string of the molecule is CN1C(C)(C)CC(N2C(=O)CC2=O)CC1(C)C. The van der Waals surface area contributed by atoms with E-state index in [2.05, 4.69) is 39.6 Å². The zero-order valence-corrected chi connectivity index (χ0v) is 11.4. The van der Waals surface area contributed by atoms with Crippen LogP contribution < -0.4 is 0 Å². The van der Waals surface area contributed by atoms with Crippen LogP contribution in [0, 0.1) is 0 Å². The summed E-state index contributed by atoms with van der Waals surface area (Å²) < 4.78 is 0. The zero-order chi connectivity index (χ0) is 13.0. The molecule has 0 aliphatic carbocycles. The molecule has 96 valence electrons. The van der Waals surface area contributed by atoms with Crippen LogP contribution in [-0.2, 0) is 9.59 Å². The zero-order valence-electron chi connectivity index (χ0n) is 11.4. The molecule has 0 aromatic rings. The van der Waals surface area contributed by atoms with Gasteiger partial charge in [-0.1, -0.05) is 0 Å². The monoisotopic (exact) mass is 238 g/mol. The Morgan fingerprint density at radius 1 is 1.00 bits per heavy atom. The summed E-state index contributed by atoms with van der Waals surface area (Å²) in [6.45, 7) is 8.70. The number of carbonyl (C=O) groups is 2. The molecule has 2 aliphatic heterocycles. The van der Waals surface area contributed by atoms with E-state index >= 15 is 0 Å². The molecule has 2 aliphatic rings. The molecular formula is C13H22N2O2. The first-order chi connectivity index (χ1) is 7.65. The lowest BCUT2D eigenvalue weighted by Crippen LogP contribution is -2.66. The molecule has 0 atom stereocenters. The number of nitrogens with zero attached hydrogens (tertiary/aromatic N) is 2. The Kier molecular flexibility index (Phi) is 2.62. The van der Waals surface area contributed by atoms with Crippen molar-refractivity contribution in [3.05, 3.63) is 0 Å². The van der Waals surface area contributed by atoms with Gasteiger partial charge in [0.1, 0.15) is 6.42 Å². The predicted octanol–water partition coefficient (Wildman–Crippen LogP) is 1.40. The molecule has 0 spiro atoms. The lowest BCUT2D eigenvalue weighted by atomic mass is 9.76. The fourth-order valence-corrected chi connectivity index (χ4v) is 3.26. The highest BCUT2D eigenvalue weighted by Crippen LogP contribution is 2.40. The van der Waals surface area contributed by atoms with Crippen molar-refractivity contribution in [2.24, 2.45) is 0 Å². The Morgan fingerprint density at radius 3 is 1.76 bits per heavy atom. The van der Waals surface area contributed by atoms with Crippen LogP contribution >= 0.6 is 0 Å². The van der Waals surface area contributed by atoms with Crippen LogP contribution in [-0.4, -0.2) is 45.8 Å². The van der Waals surface area contributed by atoms with Crippen molar-refractivity contribution >= 4 is 11.8 Å². The molecule has 0 bridgehead atoms. The second kappa shape index (κ2) is 3.55. The number of rotatable bonds is 1. The van der Waals surface area contributed by atoms with E-state index in [1.165, 1.54) is 4.90 Å². The summed E-state index contributed by atoms with van der Waals surface area (Å²) in [5.74, 6) is -0.00712. The summed E-state index contributed by atoms with van der Waals surface area (Å²) in [4.78, 5) is 26.9. The topological polar surface area (TPSA) is 40.6 Å². The Bertz CT molecular complexity index is 342. The molecule has 0 saturated carbocycles. The number of piperidine rings is 1. The summed E-state index contributed by atoms with van der Waals surface area (Å²) in [6.07, 6.45) is 1.84. The lowest BCUT2D eigenvalue weighted by Gasteiger charge is -2.56. The predicted molar refractivity (Wildman–Crippen MR) is 65.4 cm³/mol. The maximum atomic E-state index is 11.5. The van der Waals surface area contributed by atoms with Crippen LogP contribution in [0.25, 0.3) is 0 Å². The Balaban J connectivity index is 2.22. The van der Waals surface area contributed by atoms with Crippen LogP contribution in [0.1, 0.15) is 47.0 Å². The van der Waals surface area contributed by atoms with Gasteiger partial charge in [-0.2, -0.15) is 0 Å². The van der Waals surface area contributed by atoms with Gasteiger partial charge in [0.15, 0.2) is 0 Å². The second-order valence-corrected chi connectivity index (χ2v) is 6.58. The molecule has 0 aromatic heterocycles. The van der Waals surface area contributed by atoms with Gasteiger partial charge < -0.3 is 0 Å². The van der Waals surface area contributed by atoms with Gasteiger partial charge in [-0.05, 0) is 47.6 Å². The molecule has 2 rings (SSSR count). The number of carbonyl (C=O) groups excluding carboxylic acids is 2. The Morgan fingerprint density at radius 2 is 1.41 bits per heavy atom. The number of amides is 2. The van der Waals surface area contributed by atoms with E-state index in [1.807, 2.05) is 0 Å². The van der Waals surface area contributed by atoms with E-state index in [0.717, 1.165) is 12.8 Å². The molecule has 2 saturated heterocycles. The molecule has 2 fully saturated rings. The van der Waals surface area contributed by atoms with E-state index in [9.17, 15) is 9.59 Å². The highest BCUT2D eigenvalue weighted by atomic mass is 16.2. The number of imide groups is 1. The molecule has 0 N–H and O–H groups in total. The third-order valence-electron chi connectivity index (χ3n) is 4.49. The summed E-state index contributed by atoms with van der Waals surface area (Å²) in [6, 6.07) is 0.0740. The maximum absolute atomic E-state index is 11.5. The molecule has 2 amide bonds. The van der Waals surface area contributed by atoms with Crippen molar-refractivity contribution in [3.63, 3.8) is 0 Å². The van der Waals surface area contributed by atoms with Crippen molar-refractivity contribution in [2.45, 2.75) is 64.1 Å². The first-order valence-corrected chi connectivity index (χ1v) is 6.24. The van der Waals surface area contributed by atoms with E-state index < -0.39 is 0 Å². The van der Waals surface area contributed by atoms with Crippen LogP contribution in [0.5, 0.6) is 0 Å². The fraction of sp³-hybridized carbons (Fsp3) is 0.846. The van der Waals surface area contributed by atoms with E-state index in [0.29, 0.717) is 0 Å². The minimum atomic E-state index is -0.00356. The van der Waals surface area contributed by atoms with Crippen LogP contribution in [0.15, 0.2) is 0 Å². The van der Waals surface area contributed by atoms with Crippen molar-refractivity contribution in [3.8, 4) is 0 Å². The van der Waals surface area contributed by atoms with Gasteiger partial charge in [0.25, 0.3) is 0 Å². The van der Waals surface area contributed by atoms with Crippen molar-refractivity contribution in [1.82, 2.24) is 9.80 Å². The average molecular weight is 238 g/mol. The molecule has 4 nitrogen and oxygen atoms in total. The lowest BCUT2D eigenvalue weighted by molar-refractivity contribution is -0.165. The van der Waals surface area contributed by atoms with Crippen LogP contribution in [0.4, 0.5) is 0 Å². The van der Waals surface area contributed by atoms with Gasteiger partial charge in [-0.3, -0.25) is 19.4 Å². The number of hydrogen-bond acceptors (Lipinski definition) is 3. The minimum Gasteiger partial charge on any atom is -0.296 e. The van der Waals surface area contributed by atoms with E-state index in [-0.39, 0.29) is 35.4 Å². The van der Waals surface area contributed by atoms with Gasteiger partial charge in [-0.25, -0.2) is 0 Å². The van der Waals surface area contributed by atoms with E-state index in [4.69, 9.17) is 0 Å². The number of likely N-dealkylation sites (tertiary alicyclic amines) is 2. The third kappa shape index (κ3) is 1.88. The fourth-order valence-electron chi connectivity index (χ4n) is 3.26. The average Bonchev–Trinajstić information content (AvgIpc) is 2.12. The summed E-state index contributed by atoms with van der Waals surface area (Å²) >= 11 is 0. The Labute approximate surface area is 103 Å². The molecule has 0 unspecified atom stereocenters. The van der Waals surface area contributed by atoms with Gasteiger partial charge in [0.2, 0.25) is 11.8 Å². The number of hydrogen-bond donors (Lipinski definition) is 0. The highest BCUT2D eigenvalue weighted by Gasteiger charge is 2.49. The van der Waals surface area contributed by atoms with Crippen LogP contribution in [0.3, 0.4) is 0 Å². The summed E-state index contributed by atoms with van der Waals surface area (Å²) in [5, 5.41) is 0. The third-order valence-corrected chi connectivity index (χ3v) is 4.49. The van der Waals surface area contributed by atoms with Gasteiger partial charge in [0, 0.05) is 17.1 Å². The second-order valence-electron chi connectivity index (χ2n) is 6.58. The molecule has 4 heteroatoms. The largest absolute Gasteiger partial charge is 0.296 e. The van der Waals surface area contributed by atoms with E-state index in [1.54, 1.807) is 0 Å². The number of β-lactam (4-membered cyclic amide) rings is 2. The molecule has 0 aromatic carbocycles. The smallest absolute Gasteiger partial charge is 0.238 e. The standard InChI is InChI=1S/C13H22N2O2/c1-12(2)7-9(8-13(3,4)14(12)5)15-10(16)6-11(15)17/h9H,6-8H2,1-5H3. The molecular weight excluding hydrogens is 216 g/mol. The normalized spacial score (nSPS) is 29.4. The van der Waals surface area contributed by atoms with Gasteiger partial charge in [-0.15, -0.1) is 0 Å². The quantitative estimate of drug-likeness (QED) is 0.512. The van der Waals surface area contributed by atoms with Crippen molar-refractivity contribution in [1.29, 1.82) is 0 Å². The Hall–Kier alpha value is -0.900. The summed E-state index contributed by atoms with van der Waals surface area (Å²) in [5.41, 5.74) is 0.0329. The van der Waals surface area contributed by atoms with Crippen molar-refractivity contribution in [2.75, 3.05) is 7.05 Å². The first kappa shape index (κ1) is 12.6. The van der Waals surface area contributed by atoms with Crippen LogP contribution in [0.2, 0.25) is 0 Å². The summed E-state index contributed by atoms with van der Waals surface area (Å²) in [7, 11) is 2.12. The maximum Gasteiger partial charge on any atom is 0.238 e. The minimum absolute atomic E-state index is 0.00356. The molecule has 17 heavy (non-hydrogen) atoms.